The summed E-state index contributed by atoms with van der Waals surface area (Å²) in [5.74, 6) is -0.722. The predicted octanol–water partition coefficient (Wildman–Crippen LogP) is 0.349. The van der Waals surface area contributed by atoms with Gasteiger partial charge in [0.15, 0.2) is 0 Å². The number of nitrogens with zero attached hydrogens (tertiary/aromatic N) is 2. The summed E-state index contributed by atoms with van der Waals surface area (Å²) in [4.78, 5) is 15.9. The molecule has 0 spiro atoms. The first-order valence-corrected chi connectivity index (χ1v) is 7.13. The average molecular weight is 255 g/mol. The van der Waals surface area contributed by atoms with E-state index in [4.69, 9.17) is 5.73 Å². The standard InChI is InChI=1S/C13H25N3O2/c14-6-4-12(13(17)18)16-9-5-11(10-16)15-7-2-1-3-8-15/h11-12H,1-10,14H2,(H,17,18). The van der Waals surface area contributed by atoms with Gasteiger partial charge in [0.25, 0.3) is 0 Å². The molecule has 2 fully saturated rings. The van der Waals surface area contributed by atoms with Crippen molar-refractivity contribution < 1.29 is 9.90 Å². The van der Waals surface area contributed by atoms with Crippen molar-refractivity contribution in [1.29, 1.82) is 0 Å². The van der Waals surface area contributed by atoms with E-state index in [2.05, 4.69) is 9.80 Å². The van der Waals surface area contributed by atoms with Gasteiger partial charge in [-0.1, -0.05) is 6.42 Å². The Bertz CT molecular complexity index is 279. The molecular weight excluding hydrogens is 230 g/mol. The van der Waals surface area contributed by atoms with Gasteiger partial charge in [-0.15, -0.1) is 0 Å². The van der Waals surface area contributed by atoms with Gasteiger partial charge >= 0.3 is 5.97 Å². The third-order valence-corrected chi connectivity index (χ3v) is 4.27. The Morgan fingerprint density at radius 2 is 2.00 bits per heavy atom. The molecule has 5 nitrogen and oxygen atoms in total. The second-order valence-electron chi connectivity index (χ2n) is 5.47. The number of carbonyl (C=O) groups is 1. The number of likely N-dealkylation sites (tertiary alicyclic amines) is 2. The van der Waals surface area contributed by atoms with Crippen molar-refractivity contribution in [2.75, 3.05) is 32.7 Å². The van der Waals surface area contributed by atoms with E-state index in [1.807, 2.05) is 0 Å². The maximum Gasteiger partial charge on any atom is 0.320 e. The smallest absolute Gasteiger partial charge is 0.320 e. The fraction of sp³-hybridized carbons (Fsp3) is 0.923. The van der Waals surface area contributed by atoms with E-state index < -0.39 is 5.97 Å². The van der Waals surface area contributed by atoms with Crippen LogP contribution in [0.15, 0.2) is 0 Å². The Morgan fingerprint density at radius 1 is 1.28 bits per heavy atom. The zero-order valence-corrected chi connectivity index (χ0v) is 11.1. The SMILES string of the molecule is NCCC(C(=O)O)N1CCC(N2CCCCC2)C1. The minimum absolute atomic E-state index is 0.384. The first-order valence-electron chi connectivity index (χ1n) is 7.13. The number of rotatable bonds is 5. The van der Waals surface area contributed by atoms with Crippen molar-refractivity contribution in [2.45, 2.75) is 44.2 Å². The lowest BCUT2D eigenvalue weighted by Crippen LogP contribution is -2.45. The van der Waals surface area contributed by atoms with Crippen LogP contribution in [0.4, 0.5) is 0 Å². The van der Waals surface area contributed by atoms with Gasteiger partial charge in [0, 0.05) is 19.1 Å². The summed E-state index contributed by atoms with van der Waals surface area (Å²) in [7, 11) is 0. The molecule has 2 heterocycles. The minimum atomic E-state index is -0.722. The van der Waals surface area contributed by atoms with E-state index in [-0.39, 0.29) is 6.04 Å². The highest BCUT2D eigenvalue weighted by atomic mass is 16.4. The summed E-state index contributed by atoms with van der Waals surface area (Å²) in [5, 5.41) is 9.25. The Hall–Kier alpha value is -0.650. The third-order valence-electron chi connectivity index (χ3n) is 4.27. The van der Waals surface area contributed by atoms with E-state index in [0.717, 1.165) is 19.5 Å². The van der Waals surface area contributed by atoms with E-state index in [1.165, 1.54) is 32.4 Å². The number of carboxylic acid groups (broad SMARTS) is 1. The first-order chi connectivity index (χ1) is 8.72. The Labute approximate surface area is 109 Å². The van der Waals surface area contributed by atoms with Gasteiger partial charge in [-0.05, 0) is 45.3 Å². The molecule has 2 atom stereocenters. The van der Waals surface area contributed by atoms with Crippen molar-refractivity contribution >= 4 is 5.97 Å². The molecular formula is C13H25N3O2. The Kier molecular flexibility index (Phi) is 4.97. The number of hydrogen-bond acceptors (Lipinski definition) is 4. The maximum absolute atomic E-state index is 11.2. The van der Waals surface area contributed by atoms with Gasteiger partial charge in [0.05, 0.1) is 0 Å². The molecule has 2 aliphatic rings. The highest BCUT2D eigenvalue weighted by Crippen LogP contribution is 2.22. The molecule has 2 saturated heterocycles. The maximum atomic E-state index is 11.2. The van der Waals surface area contributed by atoms with Gasteiger partial charge in [-0.2, -0.15) is 0 Å². The van der Waals surface area contributed by atoms with Crippen LogP contribution in [0.3, 0.4) is 0 Å². The fourth-order valence-corrected chi connectivity index (χ4v) is 3.25. The molecule has 104 valence electrons. The van der Waals surface area contributed by atoms with Crippen molar-refractivity contribution in [3.8, 4) is 0 Å². The number of piperidine rings is 1. The monoisotopic (exact) mass is 255 g/mol. The van der Waals surface area contributed by atoms with Crippen LogP contribution >= 0.6 is 0 Å². The van der Waals surface area contributed by atoms with E-state index in [0.29, 0.717) is 19.0 Å². The van der Waals surface area contributed by atoms with Gasteiger partial charge in [-0.25, -0.2) is 0 Å². The second-order valence-corrected chi connectivity index (χ2v) is 5.47. The highest BCUT2D eigenvalue weighted by molar-refractivity contribution is 5.73. The number of aliphatic carboxylic acids is 1. The number of hydrogen-bond donors (Lipinski definition) is 2. The normalized spacial score (nSPS) is 28.4. The molecule has 5 heteroatoms. The third kappa shape index (κ3) is 3.22. The van der Waals surface area contributed by atoms with E-state index in [9.17, 15) is 9.90 Å². The lowest BCUT2D eigenvalue weighted by molar-refractivity contribution is -0.143. The van der Waals surface area contributed by atoms with Crippen LogP contribution in [0, 0.1) is 0 Å². The minimum Gasteiger partial charge on any atom is -0.480 e. The molecule has 0 aromatic heterocycles. The molecule has 0 aliphatic carbocycles. The quantitative estimate of drug-likeness (QED) is 0.742. The molecule has 18 heavy (non-hydrogen) atoms. The van der Waals surface area contributed by atoms with E-state index >= 15 is 0 Å². The molecule has 0 bridgehead atoms. The van der Waals surface area contributed by atoms with Crippen molar-refractivity contribution in [2.24, 2.45) is 5.73 Å². The second kappa shape index (κ2) is 6.50. The predicted molar refractivity (Wildman–Crippen MR) is 70.5 cm³/mol. The first kappa shape index (κ1) is 13.8. The summed E-state index contributed by atoms with van der Waals surface area (Å²) in [5.41, 5.74) is 5.51. The van der Waals surface area contributed by atoms with Gasteiger partial charge in [-0.3, -0.25) is 14.6 Å². The molecule has 3 N–H and O–H groups in total. The molecule has 2 unspecified atom stereocenters. The van der Waals surface area contributed by atoms with Crippen LogP contribution in [0.1, 0.15) is 32.1 Å². The highest BCUT2D eigenvalue weighted by Gasteiger charge is 2.34. The zero-order valence-electron chi connectivity index (χ0n) is 11.1. The summed E-state index contributed by atoms with van der Waals surface area (Å²) in [6.45, 7) is 4.62. The van der Waals surface area contributed by atoms with Crippen molar-refractivity contribution in [3.05, 3.63) is 0 Å². The van der Waals surface area contributed by atoms with Crippen LogP contribution < -0.4 is 5.73 Å². The Balaban J connectivity index is 1.87. The zero-order chi connectivity index (χ0) is 13.0. The lowest BCUT2D eigenvalue weighted by atomic mass is 10.1. The summed E-state index contributed by atoms with van der Waals surface area (Å²) in [6, 6.07) is 0.176. The van der Waals surface area contributed by atoms with Crippen LogP contribution in [-0.2, 0) is 4.79 Å². The molecule has 0 radical (unpaired) electrons. The molecule has 0 saturated carbocycles. The lowest BCUT2D eigenvalue weighted by Gasteiger charge is -2.32. The van der Waals surface area contributed by atoms with Crippen molar-refractivity contribution in [3.63, 3.8) is 0 Å². The van der Waals surface area contributed by atoms with Gasteiger partial charge in [0.2, 0.25) is 0 Å². The van der Waals surface area contributed by atoms with E-state index in [1.54, 1.807) is 0 Å². The summed E-state index contributed by atoms with van der Waals surface area (Å²) >= 11 is 0. The molecule has 2 aliphatic heterocycles. The van der Waals surface area contributed by atoms with Crippen molar-refractivity contribution in [1.82, 2.24) is 9.80 Å². The average Bonchev–Trinajstić information content (AvgIpc) is 2.86. The van der Waals surface area contributed by atoms with Gasteiger partial charge in [0.1, 0.15) is 6.04 Å². The fourth-order valence-electron chi connectivity index (χ4n) is 3.25. The Morgan fingerprint density at radius 3 is 2.61 bits per heavy atom. The molecule has 0 amide bonds. The molecule has 0 aromatic carbocycles. The molecule has 2 rings (SSSR count). The summed E-state index contributed by atoms with van der Waals surface area (Å²) in [6.07, 6.45) is 5.59. The van der Waals surface area contributed by atoms with Crippen LogP contribution in [-0.4, -0.2) is 65.7 Å². The number of nitrogens with two attached hydrogens (primary N) is 1. The van der Waals surface area contributed by atoms with Crippen LogP contribution in [0.25, 0.3) is 0 Å². The number of carboxylic acids is 1. The summed E-state index contributed by atoms with van der Waals surface area (Å²) < 4.78 is 0. The molecule has 0 aromatic rings. The largest absolute Gasteiger partial charge is 0.480 e. The van der Waals surface area contributed by atoms with Crippen LogP contribution in [0.5, 0.6) is 0 Å². The van der Waals surface area contributed by atoms with Crippen LogP contribution in [0.2, 0.25) is 0 Å². The van der Waals surface area contributed by atoms with Gasteiger partial charge < -0.3 is 10.8 Å². The topological polar surface area (TPSA) is 69.8 Å².